The lowest BCUT2D eigenvalue weighted by atomic mass is 9.99. The van der Waals surface area contributed by atoms with E-state index >= 15 is 0 Å². The molecule has 1 unspecified atom stereocenters. The van der Waals surface area contributed by atoms with E-state index < -0.39 is 0 Å². The molecule has 1 aliphatic carbocycles. The van der Waals surface area contributed by atoms with Crippen molar-refractivity contribution < 1.29 is 4.39 Å². The molecule has 2 rings (SSSR count). The largest absolute Gasteiger partial charge is 0.382 e. The summed E-state index contributed by atoms with van der Waals surface area (Å²) < 4.78 is 13.8. The van der Waals surface area contributed by atoms with Crippen LogP contribution in [0.4, 0.5) is 10.1 Å². The van der Waals surface area contributed by atoms with E-state index in [1.165, 1.54) is 25.7 Å². The fourth-order valence-electron chi connectivity index (χ4n) is 2.42. The first kappa shape index (κ1) is 11.9. The zero-order valence-corrected chi connectivity index (χ0v) is 11.1. The maximum atomic E-state index is 13.3. The Morgan fingerprint density at radius 3 is 2.69 bits per heavy atom. The molecule has 1 saturated carbocycles. The number of hydrogen-bond acceptors (Lipinski definition) is 1. The number of nitrogens with one attached hydrogen (secondary N) is 1. The van der Waals surface area contributed by atoms with Gasteiger partial charge in [0.2, 0.25) is 0 Å². The molecular formula is C13H17BrFN. The summed E-state index contributed by atoms with van der Waals surface area (Å²) in [5.74, 6) is 0.537. The highest BCUT2D eigenvalue weighted by molar-refractivity contribution is 9.10. The van der Waals surface area contributed by atoms with Gasteiger partial charge in [-0.1, -0.05) is 12.8 Å². The molecule has 0 aromatic heterocycles. The van der Waals surface area contributed by atoms with E-state index in [1.54, 1.807) is 12.1 Å². The topological polar surface area (TPSA) is 12.0 Å². The molecule has 1 atom stereocenters. The van der Waals surface area contributed by atoms with Gasteiger partial charge in [-0.3, -0.25) is 0 Å². The van der Waals surface area contributed by atoms with Crippen molar-refractivity contribution in [2.75, 3.05) is 5.32 Å². The Balaban J connectivity index is 1.99. The van der Waals surface area contributed by atoms with Gasteiger partial charge in [0.05, 0.1) is 4.47 Å². The SMILES string of the molecule is CC(Nc1ccc(Br)c(F)c1)C1CCCC1. The molecule has 88 valence electrons. The van der Waals surface area contributed by atoms with Gasteiger partial charge in [-0.2, -0.15) is 0 Å². The molecule has 0 spiro atoms. The highest BCUT2D eigenvalue weighted by Gasteiger charge is 2.21. The number of anilines is 1. The van der Waals surface area contributed by atoms with Crippen LogP contribution < -0.4 is 5.32 Å². The van der Waals surface area contributed by atoms with Crippen LogP contribution in [0, 0.1) is 11.7 Å². The minimum atomic E-state index is -0.205. The van der Waals surface area contributed by atoms with Crippen molar-refractivity contribution in [3.63, 3.8) is 0 Å². The van der Waals surface area contributed by atoms with E-state index in [2.05, 4.69) is 28.2 Å². The maximum absolute atomic E-state index is 13.3. The second kappa shape index (κ2) is 5.17. The van der Waals surface area contributed by atoms with E-state index in [0.717, 1.165) is 11.6 Å². The second-order valence-corrected chi connectivity index (χ2v) is 5.46. The summed E-state index contributed by atoms with van der Waals surface area (Å²) in [4.78, 5) is 0. The first-order valence-electron chi connectivity index (χ1n) is 5.88. The van der Waals surface area contributed by atoms with Crippen molar-refractivity contribution in [2.24, 2.45) is 5.92 Å². The fraction of sp³-hybridized carbons (Fsp3) is 0.538. The summed E-state index contributed by atoms with van der Waals surface area (Å²) in [5.41, 5.74) is 0.875. The first-order chi connectivity index (χ1) is 7.66. The average molecular weight is 286 g/mol. The molecule has 1 fully saturated rings. The van der Waals surface area contributed by atoms with Crippen LogP contribution in [0.1, 0.15) is 32.6 Å². The molecule has 1 aromatic carbocycles. The van der Waals surface area contributed by atoms with Gasteiger partial charge in [0.1, 0.15) is 5.82 Å². The van der Waals surface area contributed by atoms with Crippen LogP contribution >= 0.6 is 15.9 Å². The molecular weight excluding hydrogens is 269 g/mol. The third-order valence-electron chi connectivity index (χ3n) is 3.42. The van der Waals surface area contributed by atoms with Gasteiger partial charge in [-0.15, -0.1) is 0 Å². The minimum Gasteiger partial charge on any atom is -0.382 e. The van der Waals surface area contributed by atoms with Gasteiger partial charge < -0.3 is 5.32 Å². The molecule has 16 heavy (non-hydrogen) atoms. The fourth-order valence-corrected chi connectivity index (χ4v) is 2.67. The van der Waals surface area contributed by atoms with E-state index in [1.807, 2.05) is 6.07 Å². The van der Waals surface area contributed by atoms with Crippen molar-refractivity contribution in [3.05, 3.63) is 28.5 Å². The lowest BCUT2D eigenvalue weighted by Crippen LogP contribution is -2.23. The lowest BCUT2D eigenvalue weighted by molar-refractivity contribution is 0.482. The summed E-state index contributed by atoms with van der Waals surface area (Å²) in [7, 11) is 0. The summed E-state index contributed by atoms with van der Waals surface area (Å²) >= 11 is 3.16. The number of hydrogen-bond donors (Lipinski definition) is 1. The molecule has 1 aliphatic rings. The zero-order valence-electron chi connectivity index (χ0n) is 9.47. The standard InChI is InChI=1S/C13H17BrFN/c1-9(10-4-2-3-5-10)16-11-6-7-12(14)13(15)8-11/h6-10,16H,2-5H2,1H3. The van der Waals surface area contributed by atoms with Gasteiger partial charge in [-0.05, 0) is 59.8 Å². The quantitative estimate of drug-likeness (QED) is 0.857. The van der Waals surface area contributed by atoms with Gasteiger partial charge in [0.15, 0.2) is 0 Å². The summed E-state index contributed by atoms with van der Waals surface area (Å²) in [6, 6.07) is 5.65. The van der Waals surface area contributed by atoms with Crippen LogP contribution in [-0.2, 0) is 0 Å². The molecule has 0 heterocycles. The number of halogens is 2. The molecule has 0 bridgehead atoms. The number of rotatable bonds is 3. The highest BCUT2D eigenvalue weighted by atomic mass is 79.9. The molecule has 1 N–H and O–H groups in total. The normalized spacial score (nSPS) is 18.7. The Bertz CT molecular complexity index is 361. The third-order valence-corrected chi connectivity index (χ3v) is 4.06. The Hall–Kier alpha value is -0.570. The van der Waals surface area contributed by atoms with Crippen LogP contribution in [0.5, 0.6) is 0 Å². The summed E-state index contributed by atoms with van der Waals surface area (Å²) in [6.45, 7) is 2.19. The van der Waals surface area contributed by atoms with Gasteiger partial charge in [0.25, 0.3) is 0 Å². The van der Waals surface area contributed by atoms with Crippen LogP contribution in [0.3, 0.4) is 0 Å². The Morgan fingerprint density at radius 1 is 1.38 bits per heavy atom. The van der Waals surface area contributed by atoms with Crippen LogP contribution in [0.2, 0.25) is 0 Å². The number of benzene rings is 1. The van der Waals surface area contributed by atoms with Crippen molar-refractivity contribution in [3.8, 4) is 0 Å². The van der Waals surface area contributed by atoms with Crippen molar-refractivity contribution in [2.45, 2.75) is 38.6 Å². The molecule has 0 radical (unpaired) electrons. The average Bonchev–Trinajstić information content (AvgIpc) is 2.77. The lowest BCUT2D eigenvalue weighted by Gasteiger charge is -2.21. The van der Waals surface area contributed by atoms with Crippen molar-refractivity contribution in [1.29, 1.82) is 0 Å². The van der Waals surface area contributed by atoms with E-state index in [-0.39, 0.29) is 5.82 Å². The monoisotopic (exact) mass is 285 g/mol. The predicted octanol–water partition coefficient (Wildman–Crippen LogP) is 4.58. The van der Waals surface area contributed by atoms with E-state index in [9.17, 15) is 4.39 Å². The van der Waals surface area contributed by atoms with Gasteiger partial charge in [0, 0.05) is 11.7 Å². The van der Waals surface area contributed by atoms with Crippen molar-refractivity contribution >= 4 is 21.6 Å². The smallest absolute Gasteiger partial charge is 0.139 e. The van der Waals surface area contributed by atoms with Gasteiger partial charge >= 0.3 is 0 Å². The van der Waals surface area contributed by atoms with Crippen LogP contribution in [0.15, 0.2) is 22.7 Å². The van der Waals surface area contributed by atoms with Crippen LogP contribution in [0.25, 0.3) is 0 Å². The first-order valence-corrected chi connectivity index (χ1v) is 6.67. The van der Waals surface area contributed by atoms with E-state index in [4.69, 9.17) is 0 Å². The second-order valence-electron chi connectivity index (χ2n) is 4.61. The highest BCUT2D eigenvalue weighted by Crippen LogP contribution is 2.29. The maximum Gasteiger partial charge on any atom is 0.139 e. The van der Waals surface area contributed by atoms with Gasteiger partial charge in [-0.25, -0.2) is 4.39 Å². The molecule has 3 heteroatoms. The molecule has 0 saturated heterocycles. The minimum absolute atomic E-state index is 0.205. The molecule has 0 amide bonds. The third kappa shape index (κ3) is 2.76. The van der Waals surface area contributed by atoms with E-state index in [0.29, 0.717) is 10.5 Å². The Morgan fingerprint density at radius 2 is 2.06 bits per heavy atom. The molecule has 1 nitrogen and oxygen atoms in total. The molecule has 0 aliphatic heterocycles. The Kier molecular flexibility index (Phi) is 3.85. The molecule has 1 aromatic rings. The predicted molar refractivity (Wildman–Crippen MR) is 69.1 cm³/mol. The summed E-state index contributed by atoms with van der Waals surface area (Å²) in [5, 5.41) is 3.39. The van der Waals surface area contributed by atoms with Crippen LogP contribution in [-0.4, -0.2) is 6.04 Å². The van der Waals surface area contributed by atoms with Crippen molar-refractivity contribution in [1.82, 2.24) is 0 Å². The zero-order chi connectivity index (χ0) is 11.5. The Labute approximate surface area is 105 Å². The summed E-state index contributed by atoms with van der Waals surface area (Å²) in [6.07, 6.45) is 5.27.